The quantitative estimate of drug-likeness (QED) is 0.860. The van der Waals surface area contributed by atoms with Crippen LogP contribution < -0.4 is 5.73 Å². The molecule has 2 N–H and O–H groups in total. The van der Waals surface area contributed by atoms with Crippen LogP contribution in [0.15, 0.2) is 44.7 Å². The molecule has 1 heterocycles. The van der Waals surface area contributed by atoms with Gasteiger partial charge in [-0.3, -0.25) is 0 Å². The molecule has 78 valence electrons. The van der Waals surface area contributed by atoms with E-state index >= 15 is 0 Å². The smallest absolute Gasteiger partial charge is 0.0657 e. The van der Waals surface area contributed by atoms with E-state index in [4.69, 9.17) is 5.73 Å². The Hall–Kier alpha value is -0.160. The number of hydrogen-bond acceptors (Lipinski definition) is 2. The number of thiophene rings is 1. The second-order valence-corrected chi connectivity index (χ2v) is 5.91. The number of benzene rings is 1. The number of halogens is 2. The normalized spacial score (nSPS) is 12.7. The second kappa shape index (κ2) is 4.78. The summed E-state index contributed by atoms with van der Waals surface area (Å²) in [4.78, 5) is 1.17. The first kappa shape index (κ1) is 11.3. The Morgan fingerprint density at radius 1 is 1.20 bits per heavy atom. The minimum Gasteiger partial charge on any atom is -0.320 e. The number of hydrogen-bond donors (Lipinski definition) is 1. The van der Waals surface area contributed by atoms with E-state index in [2.05, 4.69) is 44.0 Å². The Bertz CT molecular complexity index is 454. The third kappa shape index (κ3) is 2.50. The van der Waals surface area contributed by atoms with E-state index in [9.17, 15) is 0 Å². The van der Waals surface area contributed by atoms with Gasteiger partial charge in [0.1, 0.15) is 0 Å². The second-order valence-electron chi connectivity index (χ2n) is 3.16. The highest BCUT2D eigenvalue weighted by molar-refractivity contribution is 9.11. The zero-order valence-corrected chi connectivity index (χ0v) is 11.8. The molecule has 1 nitrogen and oxygen atoms in total. The van der Waals surface area contributed by atoms with Crippen LogP contribution in [0.1, 0.15) is 16.5 Å². The molecule has 0 saturated heterocycles. The van der Waals surface area contributed by atoms with Crippen LogP contribution in [0.25, 0.3) is 0 Å². The summed E-state index contributed by atoms with van der Waals surface area (Å²) in [6.07, 6.45) is 0. The van der Waals surface area contributed by atoms with Crippen molar-refractivity contribution in [3.05, 3.63) is 55.1 Å². The van der Waals surface area contributed by atoms with Crippen LogP contribution in [-0.2, 0) is 0 Å². The molecule has 1 atom stereocenters. The molecule has 0 amide bonds. The molecule has 0 aliphatic rings. The van der Waals surface area contributed by atoms with Crippen LogP contribution in [0.3, 0.4) is 0 Å². The lowest BCUT2D eigenvalue weighted by molar-refractivity contribution is 0.886. The highest BCUT2D eigenvalue weighted by Gasteiger charge is 2.13. The van der Waals surface area contributed by atoms with E-state index in [1.807, 2.05) is 23.6 Å². The molecule has 2 rings (SSSR count). The number of nitrogens with two attached hydrogens (primary N) is 1. The maximum atomic E-state index is 6.19. The van der Waals surface area contributed by atoms with E-state index in [0.717, 1.165) is 14.5 Å². The van der Waals surface area contributed by atoms with Gasteiger partial charge in [-0.15, -0.1) is 11.3 Å². The summed E-state index contributed by atoms with van der Waals surface area (Å²) in [6, 6.07) is 10.1. The molecule has 4 heteroatoms. The monoisotopic (exact) mass is 345 g/mol. The van der Waals surface area contributed by atoms with Gasteiger partial charge in [0.25, 0.3) is 0 Å². The average molecular weight is 347 g/mol. The maximum Gasteiger partial charge on any atom is 0.0657 e. The lowest BCUT2D eigenvalue weighted by Crippen LogP contribution is -2.10. The topological polar surface area (TPSA) is 26.0 Å². The van der Waals surface area contributed by atoms with E-state index in [1.54, 1.807) is 11.3 Å². The summed E-state index contributed by atoms with van der Waals surface area (Å²) in [5.41, 5.74) is 7.29. The molecule has 15 heavy (non-hydrogen) atoms. The highest BCUT2D eigenvalue weighted by atomic mass is 79.9. The average Bonchev–Trinajstić information content (AvgIpc) is 2.74. The Kier molecular flexibility index (Phi) is 3.61. The van der Waals surface area contributed by atoms with Gasteiger partial charge in [0.15, 0.2) is 0 Å². The first-order valence-corrected chi connectivity index (χ1v) is 6.89. The lowest BCUT2D eigenvalue weighted by atomic mass is 10.1. The molecule has 0 radical (unpaired) electrons. The summed E-state index contributed by atoms with van der Waals surface area (Å²) in [6.45, 7) is 0. The van der Waals surface area contributed by atoms with Crippen LogP contribution in [-0.4, -0.2) is 0 Å². The van der Waals surface area contributed by atoms with E-state index in [0.29, 0.717) is 0 Å². The standard InChI is InChI=1S/C11H9Br2NS/c12-7-3-4-9(13)8(6-7)11(14)10-2-1-5-15-10/h1-6,11H,14H2. The van der Waals surface area contributed by atoms with Crippen LogP contribution >= 0.6 is 43.2 Å². The van der Waals surface area contributed by atoms with Gasteiger partial charge >= 0.3 is 0 Å². The molecule has 0 saturated carbocycles. The zero-order chi connectivity index (χ0) is 10.8. The minimum absolute atomic E-state index is 0.0584. The van der Waals surface area contributed by atoms with E-state index in [1.165, 1.54) is 4.88 Å². The van der Waals surface area contributed by atoms with Crippen molar-refractivity contribution < 1.29 is 0 Å². The predicted molar refractivity (Wildman–Crippen MR) is 72.2 cm³/mol. The Morgan fingerprint density at radius 3 is 2.67 bits per heavy atom. The zero-order valence-electron chi connectivity index (χ0n) is 7.78. The fourth-order valence-corrected chi connectivity index (χ4v) is 2.99. The minimum atomic E-state index is -0.0584. The van der Waals surface area contributed by atoms with Gasteiger partial charge in [-0.2, -0.15) is 0 Å². The molecular weight excluding hydrogens is 338 g/mol. The fourth-order valence-electron chi connectivity index (χ4n) is 1.37. The van der Waals surface area contributed by atoms with Crippen molar-refractivity contribution in [2.24, 2.45) is 5.73 Å². The van der Waals surface area contributed by atoms with Crippen LogP contribution in [0.5, 0.6) is 0 Å². The van der Waals surface area contributed by atoms with E-state index < -0.39 is 0 Å². The van der Waals surface area contributed by atoms with Crippen molar-refractivity contribution in [2.45, 2.75) is 6.04 Å². The summed E-state index contributed by atoms with van der Waals surface area (Å²) in [7, 11) is 0. The Balaban J connectivity index is 2.41. The molecule has 0 spiro atoms. The molecule has 0 aliphatic carbocycles. The third-order valence-corrected chi connectivity index (χ3v) is 4.31. The van der Waals surface area contributed by atoms with Crippen LogP contribution in [0.4, 0.5) is 0 Å². The summed E-state index contributed by atoms with van der Waals surface area (Å²) >= 11 is 8.65. The molecule has 1 aromatic carbocycles. The summed E-state index contributed by atoms with van der Waals surface area (Å²) in [5.74, 6) is 0. The van der Waals surface area contributed by atoms with Crippen molar-refractivity contribution in [1.82, 2.24) is 0 Å². The first-order valence-electron chi connectivity index (χ1n) is 4.42. The van der Waals surface area contributed by atoms with Gasteiger partial charge in [0.2, 0.25) is 0 Å². The largest absolute Gasteiger partial charge is 0.320 e. The van der Waals surface area contributed by atoms with Gasteiger partial charge in [-0.25, -0.2) is 0 Å². The lowest BCUT2D eigenvalue weighted by Gasteiger charge is -2.12. The van der Waals surface area contributed by atoms with Crippen molar-refractivity contribution in [3.63, 3.8) is 0 Å². The summed E-state index contributed by atoms with van der Waals surface area (Å²) < 4.78 is 2.10. The highest BCUT2D eigenvalue weighted by Crippen LogP contribution is 2.31. The Labute approximate surface area is 110 Å². The molecule has 0 bridgehead atoms. The van der Waals surface area contributed by atoms with Gasteiger partial charge in [0.05, 0.1) is 6.04 Å². The SMILES string of the molecule is NC(c1cccs1)c1cc(Br)ccc1Br. The van der Waals surface area contributed by atoms with Gasteiger partial charge in [-0.05, 0) is 35.2 Å². The van der Waals surface area contributed by atoms with Crippen molar-refractivity contribution in [3.8, 4) is 0 Å². The molecule has 1 unspecified atom stereocenters. The fraction of sp³-hybridized carbons (Fsp3) is 0.0909. The molecule has 0 aliphatic heterocycles. The van der Waals surface area contributed by atoms with Crippen LogP contribution in [0.2, 0.25) is 0 Å². The Morgan fingerprint density at radius 2 is 2.00 bits per heavy atom. The van der Waals surface area contributed by atoms with Gasteiger partial charge < -0.3 is 5.73 Å². The van der Waals surface area contributed by atoms with Crippen molar-refractivity contribution >= 4 is 43.2 Å². The van der Waals surface area contributed by atoms with Crippen molar-refractivity contribution in [2.75, 3.05) is 0 Å². The maximum absolute atomic E-state index is 6.19. The van der Waals surface area contributed by atoms with Crippen molar-refractivity contribution in [1.29, 1.82) is 0 Å². The van der Waals surface area contributed by atoms with Crippen LogP contribution in [0, 0.1) is 0 Å². The molecule has 1 aromatic heterocycles. The van der Waals surface area contributed by atoms with Gasteiger partial charge in [0, 0.05) is 13.8 Å². The van der Waals surface area contributed by atoms with Gasteiger partial charge in [-0.1, -0.05) is 37.9 Å². The summed E-state index contributed by atoms with van der Waals surface area (Å²) in [5, 5.41) is 2.04. The van der Waals surface area contributed by atoms with E-state index in [-0.39, 0.29) is 6.04 Å². The molecule has 0 fully saturated rings. The first-order chi connectivity index (χ1) is 7.18. The number of rotatable bonds is 2. The molecular formula is C11H9Br2NS. The third-order valence-electron chi connectivity index (χ3n) is 2.14. The molecule has 2 aromatic rings. The predicted octanol–water partition coefficient (Wildman–Crippen LogP) is 4.32.